The quantitative estimate of drug-likeness (QED) is 0.00530. The van der Waals surface area contributed by atoms with Gasteiger partial charge in [-0.25, -0.2) is 0 Å². The van der Waals surface area contributed by atoms with Crippen molar-refractivity contribution in [1.82, 2.24) is 55.1 Å². The number of halogens is 8. The van der Waals surface area contributed by atoms with Crippen LogP contribution >= 0.6 is 156 Å². The zero-order chi connectivity index (χ0) is 84.8. The number of hydrogen-bond donors (Lipinski definition) is 9. The number of nitrogen functional groups attached to an aromatic ring is 2. The molecular weight excluding hydrogens is 2060 g/mol. The van der Waals surface area contributed by atoms with E-state index in [-0.39, 0.29) is 90.9 Å². The molecule has 5 amide bonds. The number of thioether (sulfide) groups is 1. The van der Waals surface area contributed by atoms with Crippen LogP contribution in [-0.2, 0) is 28.8 Å². The van der Waals surface area contributed by atoms with Gasteiger partial charge < -0.3 is 27.4 Å². The first-order chi connectivity index (χ1) is 53.7. The van der Waals surface area contributed by atoms with Crippen LogP contribution in [0.3, 0.4) is 0 Å². The van der Waals surface area contributed by atoms with Crippen LogP contribution in [0, 0.1) is 86.5 Å². The largest absolute Gasteiger partial charge is 0 e. The van der Waals surface area contributed by atoms with Crippen LogP contribution in [0.4, 0.5) is 28.4 Å². The van der Waals surface area contributed by atoms with E-state index in [0.29, 0.717) is 32.2 Å². The molecule has 0 unspecified atom stereocenters. The SMILES string of the molecule is Cc1ccc(-n2c(Br)nnc2Br)cc1.Cc1ccc(-n2c(Br)nnc2SCC(=O)Nc2ccccc2C)cc1.Cc1ccc(-n2cnnc2)cc1.Cc1ccc(N)cc1.Cc1ccccc1N.Cc1ccccc1NC(=O)CCl.Cc1ccccc1NC(=O)CS.ClCCl.O=C(Cl)CCl.O=CNNC=O.S.[2H][B].[B]=NS.[Na][Na].[U]. The van der Waals surface area contributed by atoms with Gasteiger partial charge in [-0.3, -0.25) is 53.3 Å². The Labute approximate surface area is 790 Å². The van der Waals surface area contributed by atoms with E-state index < -0.39 is 5.24 Å². The Kier molecular flexibility index (Phi) is 70.7. The molecule has 0 aliphatic heterocycles. The molecule has 0 saturated carbocycles. The van der Waals surface area contributed by atoms with Crippen molar-refractivity contribution in [3.05, 3.63) is 265 Å². The van der Waals surface area contributed by atoms with E-state index in [1.807, 2.05) is 248 Å². The van der Waals surface area contributed by atoms with Crippen molar-refractivity contribution < 1.29 is 59.9 Å². The standard InChI is InChI=1S/C18H17BrN4OS.C9H7Br2N3.C9H10ClNO.C9H9N3.C9H11NOS.2C7H9N.C2H2Cl2O.C2H4N2O2.CH2Cl2.BHNS.BH.2Na.H2S.U/c1-12-7-9-14(10-8-12)23-17(19)21-22-18(23)25-11-16(24)20-15-6-4-3-5-13(15)2;1-6-2-4-7(5-3-6)14-8(10)12-13-9(14)11;1-7-4-2-3-5-8(7)11-9(12)6-10;1-8-2-4-9(5-3-8)12-6-10-11-7-12;1-7-4-2-3-5-8(7)10-9(11)6-12;1-6-2-4-7(8)5-3-6;1-6-4-2-3-5-7(6)8;3-1-2(4)5;5-1-3-4-2-6;2-1-3;1-2-3;;;;;/h3-10H,11H2,1-2H3,(H,20,24);2-5H,1H3;2-5H,6H2,1H3,(H,11,12);2-7H,1H3;2-5,12H,6H2,1H3,(H,10,11);2*2-5H,8H2,1H3;1H2;1-2H,(H,3,5)(H,4,6);1H2;3H;1H;;;1H2;/i;;;;;;;;;;;1D;;;;. The summed E-state index contributed by atoms with van der Waals surface area (Å²) >= 11 is 45.8. The van der Waals surface area contributed by atoms with Gasteiger partial charge in [0.1, 0.15) is 18.5 Å². The number of hydrazine groups is 1. The second kappa shape index (κ2) is 71.2. The van der Waals surface area contributed by atoms with Crippen LogP contribution in [0.5, 0.6) is 0 Å². The molecule has 11 rings (SSSR count). The molecule has 9 N–H and O–H groups in total. The van der Waals surface area contributed by atoms with Gasteiger partial charge in [0.05, 0.1) is 34.1 Å². The average molecular weight is 2150 g/mol. The predicted molar refractivity (Wildman–Crippen MR) is 490 cm³/mol. The molecule has 0 bridgehead atoms. The summed E-state index contributed by atoms with van der Waals surface area (Å²) in [6.45, 7) is 16.0. The molecular formula is C73H84B2Br3Cl5N17Na2O6S4U. The monoisotopic (exact) mass is 2140 g/mol. The van der Waals surface area contributed by atoms with E-state index in [9.17, 15) is 28.8 Å². The molecule has 40 heteroatoms. The second-order valence-corrected chi connectivity index (χ2v) is 26.6. The van der Waals surface area contributed by atoms with Gasteiger partial charge in [0.15, 0.2) is 5.16 Å². The predicted octanol–water partition coefficient (Wildman–Crippen LogP) is 15.9. The molecule has 11 aromatic rings. The van der Waals surface area contributed by atoms with Crippen molar-refractivity contribution in [3.8, 4) is 17.1 Å². The van der Waals surface area contributed by atoms with Crippen molar-refractivity contribution >= 4 is 280 Å². The maximum atomic E-state index is 12.2. The number of aromatic nitrogens is 9. The number of nitrogens with two attached hydrogens (primary N) is 2. The molecule has 0 saturated heterocycles. The number of aryl methyl sites for hydroxylation is 8. The number of para-hydroxylation sites is 4. The van der Waals surface area contributed by atoms with E-state index >= 15 is 0 Å². The number of carbonyl (C=O) groups excluding carboxylic acids is 6. The minimum absolute atomic E-state index is 0. The van der Waals surface area contributed by atoms with Gasteiger partial charge in [0.2, 0.25) is 50.0 Å². The molecule has 8 aromatic carbocycles. The second-order valence-electron chi connectivity index (χ2n) is 21.2. The summed E-state index contributed by atoms with van der Waals surface area (Å²) < 4.78 is 15.6. The maximum absolute atomic E-state index is 12.2. The van der Waals surface area contributed by atoms with Crippen LogP contribution in [0.2, 0.25) is 0 Å². The van der Waals surface area contributed by atoms with E-state index in [0.717, 1.165) is 67.8 Å². The molecule has 23 nitrogen and oxygen atoms in total. The van der Waals surface area contributed by atoms with Crippen LogP contribution in [-0.4, -0.2) is 170 Å². The van der Waals surface area contributed by atoms with Crippen molar-refractivity contribution in [1.29, 1.82) is 1.34 Å². The van der Waals surface area contributed by atoms with Crippen LogP contribution in [0.15, 0.2) is 230 Å². The summed E-state index contributed by atoms with van der Waals surface area (Å²) in [4.78, 5) is 62.0. The molecule has 3 aromatic heterocycles. The third-order valence-corrected chi connectivity index (χ3v) is 16.5. The molecule has 0 spiro atoms. The summed E-state index contributed by atoms with van der Waals surface area (Å²) in [5.41, 5.74) is 31.2. The Hall–Kier alpha value is -4.93. The Balaban J connectivity index is -0.000000607. The topological polar surface area (TPSA) is 319 Å². The molecule has 3 radical (unpaired) electrons. The third-order valence-electron chi connectivity index (χ3n) is 12.9. The number of amides is 5. The van der Waals surface area contributed by atoms with Gasteiger partial charge in [0, 0.05) is 73.6 Å². The molecule has 0 fully saturated rings. The summed E-state index contributed by atoms with van der Waals surface area (Å²) in [7, 11) is 8.09. The molecule has 113 heavy (non-hydrogen) atoms. The Morgan fingerprint density at radius 1 is 0.531 bits per heavy atom. The van der Waals surface area contributed by atoms with Gasteiger partial charge in [-0.2, -0.15) is 26.1 Å². The summed E-state index contributed by atoms with van der Waals surface area (Å²) in [5, 5.41) is 32.2. The zero-order valence-electron chi connectivity index (χ0n) is 64.4. The van der Waals surface area contributed by atoms with Gasteiger partial charge in [0.25, 0.3) is 0 Å². The number of benzene rings is 8. The van der Waals surface area contributed by atoms with Crippen molar-refractivity contribution in [3.63, 3.8) is 0 Å². The van der Waals surface area contributed by atoms with E-state index in [1.165, 1.54) is 77.6 Å². The fraction of sp³-hybridized carbons (Fsp3) is 0.178. The molecule has 0 atom stereocenters. The van der Waals surface area contributed by atoms with Crippen molar-refractivity contribution in [2.24, 2.45) is 4.30 Å². The van der Waals surface area contributed by atoms with Crippen molar-refractivity contribution in [2.75, 3.05) is 56.0 Å². The number of thiol groups is 2. The van der Waals surface area contributed by atoms with E-state index in [4.69, 9.17) is 70.8 Å². The van der Waals surface area contributed by atoms with Crippen LogP contribution in [0.1, 0.15) is 44.5 Å². The maximum Gasteiger partial charge on any atom is 0 e. The minimum Gasteiger partial charge on any atom is 0 e. The first kappa shape index (κ1) is 112. The molecule has 589 valence electrons. The number of carbonyl (C=O) groups is 6. The normalized spacial score (nSPS) is 9.09. The smallest absolute Gasteiger partial charge is 0 e. The number of anilines is 5. The molecule has 3 heterocycles. The summed E-state index contributed by atoms with van der Waals surface area (Å²) in [5.74, 6) is 0.0442. The molecule has 0 aliphatic carbocycles. The Morgan fingerprint density at radius 3 is 1.16 bits per heavy atom. The van der Waals surface area contributed by atoms with E-state index in [2.05, 4.69) is 166 Å². The van der Waals surface area contributed by atoms with Crippen molar-refractivity contribution in [2.45, 2.75) is 60.5 Å². The Morgan fingerprint density at radius 2 is 0.841 bits per heavy atom. The van der Waals surface area contributed by atoms with Gasteiger partial charge >= 0.3 is 68.4 Å². The number of rotatable bonds is 15. The van der Waals surface area contributed by atoms with E-state index in [1.54, 1.807) is 12.7 Å². The number of alkyl halides is 4. The van der Waals surface area contributed by atoms with Gasteiger partial charge in [-0.1, -0.05) is 155 Å². The van der Waals surface area contributed by atoms with Gasteiger partial charge in [-0.05, 0) is 211 Å². The fourth-order valence-corrected chi connectivity index (χ4v) is 10.1. The summed E-state index contributed by atoms with van der Waals surface area (Å²) in [6.07, 6.45) is 4.11. The first-order valence-corrected chi connectivity index (χ1v) is 47.3. The van der Waals surface area contributed by atoms with Crippen LogP contribution < -0.4 is 38.3 Å². The number of hydrogen-bond acceptors (Lipinski definition) is 18. The average Bonchev–Trinajstić information content (AvgIpc) is 1.69. The first-order valence-electron chi connectivity index (χ1n) is 33.0. The third kappa shape index (κ3) is 52.5. The summed E-state index contributed by atoms with van der Waals surface area (Å²) in [6, 6.07) is 62.9. The minimum atomic E-state index is -0.508. The number of nitrogens with zero attached hydrogens (tertiary/aromatic N) is 10. The number of nitrogens with one attached hydrogen (secondary N) is 5. The molecule has 0 aliphatic rings. The fourth-order valence-electron chi connectivity index (χ4n) is 7.51. The zero-order valence-corrected chi connectivity index (χ0v) is 83.7. The van der Waals surface area contributed by atoms with Gasteiger partial charge in [-0.15, -0.1) is 77.0 Å². The van der Waals surface area contributed by atoms with Crippen LogP contribution in [0.25, 0.3) is 17.1 Å². The Bertz CT molecular complexity index is 4330.